The molecule has 0 spiro atoms. The number of halogens is 1. The fourth-order valence-corrected chi connectivity index (χ4v) is 2.81. The Morgan fingerprint density at radius 2 is 1.71 bits per heavy atom. The summed E-state index contributed by atoms with van der Waals surface area (Å²) in [5.41, 5.74) is 10.7. The van der Waals surface area contributed by atoms with Gasteiger partial charge in [0.1, 0.15) is 0 Å². The molecule has 0 bridgehead atoms. The Morgan fingerprint density at radius 1 is 1.05 bits per heavy atom. The minimum absolute atomic E-state index is 0.656. The van der Waals surface area contributed by atoms with E-state index in [1.807, 2.05) is 50.2 Å². The molecular formula is C15H14BrN5. The molecule has 0 fully saturated rings. The molecule has 0 aliphatic rings. The predicted octanol–water partition coefficient (Wildman–Crippen LogP) is 3.29. The van der Waals surface area contributed by atoms with Gasteiger partial charge in [-0.25, -0.2) is 0 Å². The van der Waals surface area contributed by atoms with Crippen molar-refractivity contribution in [2.45, 2.75) is 13.8 Å². The van der Waals surface area contributed by atoms with Gasteiger partial charge in [0.05, 0.1) is 10.2 Å². The molecule has 1 aromatic heterocycles. The summed E-state index contributed by atoms with van der Waals surface area (Å²) in [4.78, 5) is 0. The standard InChI is InChI=1S/C15H14BrN5/c1-9-5-3-6-10(2)14(9)21-15(18-19-20-21)11-7-4-8-12(17)13(11)16/h3-8H,17H2,1-2H3. The quantitative estimate of drug-likeness (QED) is 0.725. The first kappa shape index (κ1) is 13.8. The molecule has 2 aromatic carbocycles. The van der Waals surface area contributed by atoms with E-state index in [1.54, 1.807) is 4.68 Å². The van der Waals surface area contributed by atoms with Gasteiger partial charge in [0, 0.05) is 11.3 Å². The molecule has 3 aromatic rings. The number of nitrogens with zero attached hydrogens (tertiary/aromatic N) is 4. The van der Waals surface area contributed by atoms with E-state index in [4.69, 9.17) is 5.73 Å². The second-order valence-corrected chi connectivity index (χ2v) is 5.66. The number of hydrogen-bond acceptors (Lipinski definition) is 4. The number of tetrazole rings is 1. The maximum atomic E-state index is 5.95. The predicted molar refractivity (Wildman–Crippen MR) is 86.2 cm³/mol. The van der Waals surface area contributed by atoms with Crippen molar-refractivity contribution in [2.24, 2.45) is 0 Å². The number of hydrogen-bond donors (Lipinski definition) is 1. The van der Waals surface area contributed by atoms with Crippen LogP contribution in [0.3, 0.4) is 0 Å². The Morgan fingerprint density at radius 3 is 2.43 bits per heavy atom. The molecule has 0 unspecified atom stereocenters. The van der Waals surface area contributed by atoms with Crippen LogP contribution in [0.25, 0.3) is 17.1 Å². The second kappa shape index (κ2) is 5.29. The van der Waals surface area contributed by atoms with Gasteiger partial charge in [-0.2, -0.15) is 4.68 Å². The van der Waals surface area contributed by atoms with Crippen LogP contribution in [-0.2, 0) is 0 Å². The van der Waals surface area contributed by atoms with Crippen LogP contribution in [0.4, 0.5) is 5.69 Å². The van der Waals surface area contributed by atoms with Crippen molar-refractivity contribution < 1.29 is 0 Å². The third-order valence-corrected chi connectivity index (χ3v) is 4.28. The maximum Gasteiger partial charge on any atom is 0.188 e. The topological polar surface area (TPSA) is 69.6 Å². The minimum Gasteiger partial charge on any atom is -0.398 e. The summed E-state index contributed by atoms with van der Waals surface area (Å²) in [6.07, 6.45) is 0. The molecule has 0 aliphatic heterocycles. The molecule has 0 saturated heterocycles. The van der Waals surface area contributed by atoms with Gasteiger partial charge in [-0.3, -0.25) is 0 Å². The van der Waals surface area contributed by atoms with Crippen LogP contribution in [0.5, 0.6) is 0 Å². The molecule has 0 radical (unpaired) electrons. The summed E-state index contributed by atoms with van der Waals surface area (Å²) in [5, 5.41) is 12.1. The monoisotopic (exact) mass is 343 g/mol. The van der Waals surface area contributed by atoms with Gasteiger partial charge in [-0.05, 0) is 63.5 Å². The molecule has 21 heavy (non-hydrogen) atoms. The lowest BCUT2D eigenvalue weighted by atomic mass is 10.1. The summed E-state index contributed by atoms with van der Waals surface area (Å²) >= 11 is 3.51. The maximum absolute atomic E-state index is 5.95. The summed E-state index contributed by atoms with van der Waals surface area (Å²) in [6.45, 7) is 4.09. The van der Waals surface area contributed by atoms with Crippen molar-refractivity contribution in [3.05, 3.63) is 52.0 Å². The zero-order valence-corrected chi connectivity index (χ0v) is 13.3. The van der Waals surface area contributed by atoms with E-state index in [9.17, 15) is 0 Å². The summed E-state index contributed by atoms with van der Waals surface area (Å²) < 4.78 is 2.55. The second-order valence-electron chi connectivity index (χ2n) is 4.86. The highest BCUT2D eigenvalue weighted by Gasteiger charge is 2.17. The van der Waals surface area contributed by atoms with E-state index in [0.717, 1.165) is 26.9 Å². The van der Waals surface area contributed by atoms with Crippen molar-refractivity contribution >= 4 is 21.6 Å². The van der Waals surface area contributed by atoms with E-state index < -0.39 is 0 Å². The smallest absolute Gasteiger partial charge is 0.188 e. The average Bonchev–Trinajstić information content (AvgIpc) is 2.91. The van der Waals surface area contributed by atoms with E-state index in [-0.39, 0.29) is 0 Å². The van der Waals surface area contributed by atoms with E-state index in [2.05, 4.69) is 31.5 Å². The lowest BCUT2D eigenvalue weighted by Crippen LogP contribution is -2.05. The normalized spacial score (nSPS) is 10.8. The Hall–Kier alpha value is -2.21. The molecule has 5 nitrogen and oxygen atoms in total. The van der Waals surface area contributed by atoms with Gasteiger partial charge in [-0.1, -0.05) is 24.3 Å². The highest BCUT2D eigenvalue weighted by atomic mass is 79.9. The molecule has 0 aliphatic carbocycles. The van der Waals surface area contributed by atoms with Gasteiger partial charge in [0.15, 0.2) is 5.82 Å². The fourth-order valence-electron chi connectivity index (χ4n) is 2.37. The number of nitrogens with two attached hydrogens (primary N) is 1. The summed E-state index contributed by atoms with van der Waals surface area (Å²) in [5.74, 6) is 0.659. The van der Waals surface area contributed by atoms with Gasteiger partial charge in [-0.15, -0.1) is 5.10 Å². The number of aromatic nitrogens is 4. The first-order valence-electron chi connectivity index (χ1n) is 6.49. The molecule has 1 heterocycles. The van der Waals surface area contributed by atoms with Crippen molar-refractivity contribution in [3.63, 3.8) is 0 Å². The van der Waals surface area contributed by atoms with Gasteiger partial charge in [0.25, 0.3) is 0 Å². The fraction of sp³-hybridized carbons (Fsp3) is 0.133. The van der Waals surface area contributed by atoms with Crippen molar-refractivity contribution in [1.29, 1.82) is 0 Å². The number of nitrogen functional groups attached to an aromatic ring is 1. The Kier molecular flexibility index (Phi) is 3.47. The third kappa shape index (κ3) is 2.31. The molecule has 0 amide bonds. The molecule has 2 N–H and O–H groups in total. The van der Waals surface area contributed by atoms with Crippen LogP contribution in [0, 0.1) is 13.8 Å². The molecule has 6 heteroatoms. The molecule has 106 valence electrons. The van der Waals surface area contributed by atoms with Crippen LogP contribution in [0.15, 0.2) is 40.9 Å². The van der Waals surface area contributed by atoms with Crippen LogP contribution in [0.2, 0.25) is 0 Å². The highest BCUT2D eigenvalue weighted by Crippen LogP contribution is 2.32. The molecule has 3 rings (SSSR count). The van der Waals surface area contributed by atoms with Crippen molar-refractivity contribution in [2.75, 3.05) is 5.73 Å². The highest BCUT2D eigenvalue weighted by molar-refractivity contribution is 9.10. The zero-order chi connectivity index (χ0) is 15.0. The third-order valence-electron chi connectivity index (χ3n) is 3.39. The van der Waals surface area contributed by atoms with Crippen LogP contribution >= 0.6 is 15.9 Å². The van der Waals surface area contributed by atoms with E-state index >= 15 is 0 Å². The van der Waals surface area contributed by atoms with Gasteiger partial charge in [0.2, 0.25) is 0 Å². The van der Waals surface area contributed by atoms with E-state index in [0.29, 0.717) is 11.5 Å². The Bertz CT molecular complexity index is 789. The molecule has 0 saturated carbocycles. The van der Waals surface area contributed by atoms with Gasteiger partial charge < -0.3 is 5.73 Å². The molecular weight excluding hydrogens is 330 g/mol. The van der Waals surface area contributed by atoms with Crippen molar-refractivity contribution in [3.8, 4) is 17.1 Å². The number of rotatable bonds is 2. The Labute approximate surface area is 130 Å². The van der Waals surface area contributed by atoms with E-state index in [1.165, 1.54) is 0 Å². The largest absolute Gasteiger partial charge is 0.398 e. The number of anilines is 1. The molecule has 0 atom stereocenters. The van der Waals surface area contributed by atoms with Crippen LogP contribution < -0.4 is 5.73 Å². The van der Waals surface area contributed by atoms with Gasteiger partial charge >= 0.3 is 0 Å². The van der Waals surface area contributed by atoms with Crippen LogP contribution in [-0.4, -0.2) is 20.2 Å². The number of para-hydroxylation sites is 1. The number of benzene rings is 2. The lowest BCUT2D eigenvalue weighted by molar-refractivity contribution is 0.783. The summed E-state index contributed by atoms with van der Waals surface area (Å²) in [7, 11) is 0. The van der Waals surface area contributed by atoms with Crippen LogP contribution in [0.1, 0.15) is 11.1 Å². The minimum atomic E-state index is 0.656. The lowest BCUT2D eigenvalue weighted by Gasteiger charge is -2.12. The van der Waals surface area contributed by atoms with Crippen molar-refractivity contribution in [1.82, 2.24) is 20.2 Å². The first-order chi connectivity index (χ1) is 10.1. The summed E-state index contributed by atoms with van der Waals surface area (Å²) in [6, 6.07) is 11.8. The Balaban J connectivity index is 2.25. The first-order valence-corrected chi connectivity index (χ1v) is 7.28. The average molecular weight is 344 g/mol. The SMILES string of the molecule is Cc1cccc(C)c1-n1nnnc1-c1cccc(N)c1Br. The number of aryl methyl sites for hydroxylation is 2. The zero-order valence-electron chi connectivity index (χ0n) is 11.7.